The number of H-pyrrole nitrogens is 1. The molecule has 2 aromatic carbocycles. The Kier molecular flexibility index (Phi) is 9.66. The number of hydrogen-bond donors (Lipinski definition) is 3. The summed E-state index contributed by atoms with van der Waals surface area (Å²) >= 11 is 0. The summed E-state index contributed by atoms with van der Waals surface area (Å²) in [4.78, 5) is 16.2. The number of allylic oxidation sites excluding steroid dienone is 6. The molecule has 0 aliphatic carbocycles. The van der Waals surface area contributed by atoms with Crippen molar-refractivity contribution < 1.29 is 4.39 Å². The Balaban J connectivity index is 0.000000304. The molecular formula is C32H35FN4O. The number of hydrogen-bond acceptors (Lipinski definition) is 3. The summed E-state index contributed by atoms with van der Waals surface area (Å²) in [5, 5.41) is 7.19. The summed E-state index contributed by atoms with van der Waals surface area (Å²) < 4.78 is 14.0. The molecule has 0 radical (unpaired) electrons. The van der Waals surface area contributed by atoms with Gasteiger partial charge in [-0.25, -0.2) is 4.39 Å². The van der Waals surface area contributed by atoms with E-state index in [0.29, 0.717) is 11.3 Å². The van der Waals surface area contributed by atoms with Crippen molar-refractivity contribution in [3.63, 3.8) is 0 Å². The molecule has 5 nitrogen and oxygen atoms in total. The average molecular weight is 511 g/mol. The molecule has 1 atom stereocenters. The highest BCUT2D eigenvalue weighted by Gasteiger charge is 2.17. The lowest BCUT2D eigenvalue weighted by molar-refractivity contribution is 0.626. The van der Waals surface area contributed by atoms with Gasteiger partial charge in [0.15, 0.2) is 0 Å². The quantitative estimate of drug-likeness (QED) is 0.171. The number of benzene rings is 2. The fourth-order valence-corrected chi connectivity index (χ4v) is 3.84. The maximum Gasteiger partial charge on any atom is 0.261 e. The predicted molar refractivity (Wildman–Crippen MR) is 159 cm³/mol. The van der Waals surface area contributed by atoms with Gasteiger partial charge in [-0.05, 0) is 54.8 Å². The van der Waals surface area contributed by atoms with E-state index < -0.39 is 0 Å². The number of rotatable bonds is 8. The molecule has 0 saturated heterocycles. The topological polar surface area (TPSA) is 61.9 Å². The van der Waals surface area contributed by atoms with Gasteiger partial charge in [-0.3, -0.25) is 4.79 Å². The van der Waals surface area contributed by atoms with Crippen molar-refractivity contribution >= 4 is 27.9 Å². The Hall–Kier alpha value is -4.58. The SMILES string of the molecule is C=C/C=C(\C=C(/C)NC)c1[nH]c2ccn(C)c(=O)c2c1Nc1ccccc1.C=CC(C)c1ccc(F)cc1. The molecule has 0 saturated carbocycles. The monoisotopic (exact) mass is 510 g/mol. The van der Waals surface area contributed by atoms with Gasteiger partial charge in [0.05, 0.1) is 22.3 Å². The van der Waals surface area contributed by atoms with E-state index in [4.69, 9.17) is 0 Å². The number of para-hydroxylation sites is 1. The molecular weight excluding hydrogens is 475 g/mol. The molecule has 3 N–H and O–H groups in total. The van der Waals surface area contributed by atoms with Crippen molar-refractivity contribution in [2.45, 2.75) is 19.8 Å². The third-order valence-corrected chi connectivity index (χ3v) is 6.17. The molecule has 38 heavy (non-hydrogen) atoms. The lowest BCUT2D eigenvalue weighted by Gasteiger charge is -2.10. The van der Waals surface area contributed by atoms with E-state index >= 15 is 0 Å². The van der Waals surface area contributed by atoms with Crippen molar-refractivity contribution in [1.29, 1.82) is 0 Å². The van der Waals surface area contributed by atoms with E-state index in [0.717, 1.165) is 39.4 Å². The summed E-state index contributed by atoms with van der Waals surface area (Å²) in [6.45, 7) is 11.5. The lowest BCUT2D eigenvalue weighted by atomic mass is 10.0. The van der Waals surface area contributed by atoms with E-state index in [1.165, 1.54) is 12.1 Å². The fraction of sp³-hybridized carbons (Fsp3) is 0.156. The normalized spacial score (nSPS) is 12.3. The van der Waals surface area contributed by atoms with Crippen molar-refractivity contribution in [3.8, 4) is 0 Å². The first-order valence-electron chi connectivity index (χ1n) is 12.4. The van der Waals surface area contributed by atoms with Gasteiger partial charge < -0.3 is 20.2 Å². The van der Waals surface area contributed by atoms with Crippen LogP contribution in [0.2, 0.25) is 0 Å². The van der Waals surface area contributed by atoms with Crippen LogP contribution in [-0.4, -0.2) is 16.6 Å². The Morgan fingerprint density at radius 1 is 1.08 bits per heavy atom. The highest BCUT2D eigenvalue weighted by atomic mass is 19.1. The summed E-state index contributed by atoms with van der Waals surface area (Å²) in [6, 6.07) is 18.2. The summed E-state index contributed by atoms with van der Waals surface area (Å²) in [6.07, 6.45) is 9.29. The van der Waals surface area contributed by atoms with Gasteiger partial charge in [-0.15, -0.1) is 6.58 Å². The average Bonchev–Trinajstić information content (AvgIpc) is 3.30. The first kappa shape index (κ1) is 28.0. The second-order valence-corrected chi connectivity index (χ2v) is 8.90. The number of pyridine rings is 1. The maximum absolute atomic E-state index is 12.8. The standard InChI is InChI=1S/C22H24N4O.C10H11F/c1-5-9-16(14-15(2)23-3)20-21(24-17-10-7-6-8-11-17)19-18(25-20)12-13-26(4)22(19)27;1-3-8(2)9-4-6-10(11)7-5-9/h5-14,23-25H,1H2,2-4H3;3-8H,1H2,2H3/b15-14+,16-9+;. The zero-order valence-electron chi connectivity index (χ0n) is 22.4. The van der Waals surface area contributed by atoms with Gasteiger partial charge >= 0.3 is 0 Å². The molecule has 0 amide bonds. The van der Waals surface area contributed by atoms with Gasteiger partial charge in [-0.2, -0.15) is 0 Å². The minimum Gasteiger partial charge on any atom is -0.392 e. The molecule has 0 aliphatic rings. The van der Waals surface area contributed by atoms with Gasteiger partial charge in [0.1, 0.15) is 5.82 Å². The Labute approximate surface area is 223 Å². The minimum absolute atomic E-state index is 0.0549. The molecule has 0 bridgehead atoms. The molecule has 6 heteroatoms. The molecule has 1 unspecified atom stereocenters. The third-order valence-electron chi connectivity index (χ3n) is 6.17. The number of fused-ring (bicyclic) bond motifs is 1. The molecule has 2 heterocycles. The van der Waals surface area contributed by atoms with Crippen LogP contribution in [0.5, 0.6) is 0 Å². The van der Waals surface area contributed by atoms with Crippen LogP contribution < -0.4 is 16.2 Å². The zero-order valence-corrected chi connectivity index (χ0v) is 22.4. The number of nitrogens with zero attached hydrogens (tertiary/aromatic N) is 1. The third kappa shape index (κ3) is 6.79. The number of aromatic nitrogens is 2. The Bertz CT molecular complexity index is 1510. The highest BCUT2D eigenvalue weighted by molar-refractivity contribution is 6.01. The smallest absolute Gasteiger partial charge is 0.261 e. The maximum atomic E-state index is 12.8. The van der Waals surface area contributed by atoms with E-state index in [9.17, 15) is 9.18 Å². The second kappa shape index (κ2) is 13.1. The fourth-order valence-electron chi connectivity index (χ4n) is 3.84. The van der Waals surface area contributed by atoms with Gasteiger partial charge in [-0.1, -0.05) is 62.1 Å². The van der Waals surface area contributed by atoms with Crippen molar-refractivity contribution in [3.05, 3.63) is 137 Å². The Morgan fingerprint density at radius 3 is 2.37 bits per heavy atom. The van der Waals surface area contributed by atoms with E-state index in [1.54, 1.807) is 36.0 Å². The molecule has 2 aromatic heterocycles. The van der Waals surface area contributed by atoms with Crippen LogP contribution in [0.25, 0.3) is 16.5 Å². The minimum atomic E-state index is -0.190. The number of halogens is 1. The number of aromatic amines is 1. The van der Waals surface area contributed by atoms with E-state index in [-0.39, 0.29) is 11.4 Å². The van der Waals surface area contributed by atoms with Crippen molar-refractivity contribution in [2.75, 3.05) is 12.4 Å². The van der Waals surface area contributed by atoms with Crippen LogP contribution in [0.4, 0.5) is 15.8 Å². The molecule has 4 rings (SSSR count). The predicted octanol–water partition coefficient (Wildman–Crippen LogP) is 7.42. The van der Waals surface area contributed by atoms with Crippen LogP contribution in [-0.2, 0) is 7.05 Å². The van der Waals surface area contributed by atoms with Crippen molar-refractivity contribution in [2.24, 2.45) is 7.05 Å². The van der Waals surface area contributed by atoms with Crippen LogP contribution in [0.3, 0.4) is 0 Å². The molecule has 4 aromatic rings. The number of anilines is 2. The van der Waals surface area contributed by atoms with Crippen LogP contribution in [0.1, 0.15) is 31.0 Å². The summed E-state index contributed by atoms with van der Waals surface area (Å²) in [5.74, 6) is 0.112. The molecule has 0 spiro atoms. The second-order valence-electron chi connectivity index (χ2n) is 8.90. The highest BCUT2D eigenvalue weighted by Crippen LogP contribution is 2.33. The van der Waals surface area contributed by atoms with Crippen LogP contribution in [0.15, 0.2) is 115 Å². The summed E-state index contributed by atoms with van der Waals surface area (Å²) in [5.41, 5.74) is 6.27. The van der Waals surface area contributed by atoms with Crippen molar-refractivity contribution in [1.82, 2.24) is 14.9 Å². The van der Waals surface area contributed by atoms with E-state index in [2.05, 4.69) is 28.8 Å². The van der Waals surface area contributed by atoms with Gasteiger partial charge in [0.2, 0.25) is 0 Å². The zero-order chi connectivity index (χ0) is 27.7. The largest absolute Gasteiger partial charge is 0.392 e. The first-order valence-corrected chi connectivity index (χ1v) is 12.4. The Morgan fingerprint density at radius 2 is 1.76 bits per heavy atom. The summed E-state index contributed by atoms with van der Waals surface area (Å²) in [7, 11) is 3.63. The molecule has 0 aliphatic heterocycles. The number of aryl methyl sites for hydroxylation is 1. The first-order chi connectivity index (χ1) is 18.3. The van der Waals surface area contributed by atoms with Gasteiger partial charge in [0, 0.05) is 37.2 Å². The van der Waals surface area contributed by atoms with E-state index in [1.807, 2.05) is 75.5 Å². The van der Waals surface area contributed by atoms with Gasteiger partial charge in [0.25, 0.3) is 5.56 Å². The van der Waals surface area contributed by atoms with Crippen LogP contribution in [0, 0.1) is 5.82 Å². The molecule has 0 fully saturated rings. The number of nitrogens with one attached hydrogen (secondary N) is 3. The molecule has 196 valence electrons. The lowest BCUT2D eigenvalue weighted by Crippen LogP contribution is -2.15. The van der Waals surface area contributed by atoms with Crippen LogP contribution >= 0.6 is 0 Å².